The summed E-state index contributed by atoms with van der Waals surface area (Å²) in [6, 6.07) is 9.74. The van der Waals surface area contributed by atoms with Gasteiger partial charge < -0.3 is 5.73 Å². The predicted octanol–water partition coefficient (Wildman–Crippen LogP) is 0.886. The Kier molecular flexibility index (Phi) is 4.86. The van der Waals surface area contributed by atoms with Crippen LogP contribution in [0.4, 0.5) is 11.5 Å². The summed E-state index contributed by atoms with van der Waals surface area (Å²) in [5.74, 6) is 0.388. The molecule has 0 radical (unpaired) electrons. The molecule has 0 aliphatic rings. The first-order valence-corrected chi connectivity index (χ1v) is 8.63. The summed E-state index contributed by atoms with van der Waals surface area (Å²) >= 11 is 1.40. The fourth-order valence-corrected chi connectivity index (χ4v) is 3.86. The first-order chi connectivity index (χ1) is 9.94. The van der Waals surface area contributed by atoms with Gasteiger partial charge in [-0.2, -0.15) is 5.10 Å². The van der Waals surface area contributed by atoms with E-state index < -0.39 is 15.6 Å². The topological polar surface area (TPSA) is 118 Å². The van der Waals surface area contributed by atoms with Gasteiger partial charge in [0.15, 0.2) is 5.82 Å². The standard InChI is InChI=1S/C12H14N4O3S2/c13-9-2-1-3-10(8-9)20-6-7-21(18,19)16-11-4-5-12(17)15-14-11/h1-5,8H,6-7,13H2,(H,14,16)(H,15,17). The van der Waals surface area contributed by atoms with E-state index in [-0.39, 0.29) is 11.6 Å². The summed E-state index contributed by atoms with van der Waals surface area (Å²) in [5.41, 5.74) is 5.89. The molecule has 1 aromatic carbocycles. The second-order valence-corrected chi connectivity index (χ2v) is 7.16. The van der Waals surface area contributed by atoms with Crippen LogP contribution >= 0.6 is 11.8 Å². The number of hydrogen-bond donors (Lipinski definition) is 3. The Morgan fingerprint density at radius 3 is 2.76 bits per heavy atom. The molecule has 0 saturated carbocycles. The third-order valence-corrected chi connectivity index (χ3v) is 4.93. The van der Waals surface area contributed by atoms with Crippen molar-refractivity contribution in [2.75, 3.05) is 22.0 Å². The minimum Gasteiger partial charge on any atom is -0.399 e. The second kappa shape index (κ2) is 6.64. The van der Waals surface area contributed by atoms with Gasteiger partial charge in [0, 0.05) is 22.4 Å². The summed E-state index contributed by atoms with van der Waals surface area (Å²) in [5, 5.41) is 5.75. The molecular formula is C12H14N4O3S2. The molecule has 0 amide bonds. The molecule has 0 aliphatic heterocycles. The van der Waals surface area contributed by atoms with Gasteiger partial charge >= 0.3 is 0 Å². The van der Waals surface area contributed by atoms with Crippen LogP contribution in [0.3, 0.4) is 0 Å². The molecule has 4 N–H and O–H groups in total. The van der Waals surface area contributed by atoms with Gasteiger partial charge in [-0.25, -0.2) is 13.5 Å². The van der Waals surface area contributed by atoms with Crippen molar-refractivity contribution in [2.45, 2.75) is 4.90 Å². The van der Waals surface area contributed by atoms with Gasteiger partial charge in [0.2, 0.25) is 10.0 Å². The van der Waals surface area contributed by atoms with E-state index in [2.05, 4.69) is 14.9 Å². The molecule has 0 saturated heterocycles. The SMILES string of the molecule is Nc1cccc(SCCS(=O)(=O)Nc2ccc(=O)[nH]n2)c1. The predicted molar refractivity (Wildman–Crippen MR) is 83.8 cm³/mol. The lowest BCUT2D eigenvalue weighted by Crippen LogP contribution is -2.20. The molecule has 1 heterocycles. The van der Waals surface area contributed by atoms with Crippen LogP contribution < -0.4 is 16.0 Å². The number of hydrogen-bond acceptors (Lipinski definition) is 6. The number of nitrogens with one attached hydrogen (secondary N) is 2. The average Bonchev–Trinajstić information content (AvgIpc) is 2.41. The molecule has 2 aromatic rings. The smallest absolute Gasteiger partial charge is 0.264 e. The summed E-state index contributed by atoms with van der Waals surface area (Å²) < 4.78 is 26.0. The largest absolute Gasteiger partial charge is 0.399 e. The summed E-state index contributed by atoms with van der Waals surface area (Å²) in [6.07, 6.45) is 0. The maximum atomic E-state index is 11.9. The number of H-pyrrole nitrogens is 1. The van der Waals surface area contributed by atoms with Crippen LogP contribution in [0.2, 0.25) is 0 Å². The Hall–Kier alpha value is -2.00. The fraction of sp³-hybridized carbons (Fsp3) is 0.167. The lowest BCUT2D eigenvalue weighted by atomic mass is 10.3. The summed E-state index contributed by atoms with van der Waals surface area (Å²) in [7, 11) is -3.51. The van der Waals surface area contributed by atoms with Crippen LogP contribution in [0.15, 0.2) is 46.1 Å². The van der Waals surface area contributed by atoms with E-state index >= 15 is 0 Å². The number of nitrogen functional groups attached to an aromatic ring is 1. The summed E-state index contributed by atoms with van der Waals surface area (Å²) in [4.78, 5) is 11.7. The van der Waals surface area contributed by atoms with Crippen molar-refractivity contribution in [3.63, 3.8) is 0 Å². The maximum absolute atomic E-state index is 11.9. The van der Waals surface area contributed by atoms with E-state index in [1.807, 2.05) is 12.1 Å². The maximum Gasteiger partial charge on any atom is 0.264 e. The fourth-order valence-electron chi connectivity index (χ4n) is 1.49. The minimum absolute atomic E-state index is 0.0761. The van der Waals surface area contributed by atoms with Crippen LogP contribution in [0.25, 0.3) is 0 Å². The quantitative estimate of drug-likeness (QED) is 0.536. The van der Waals surface area contributed by atoms with Crippen molar-refractivity contribution in [3.05, 3.63) is 46.8 Å². The molecule has 0 aliphatic carbocycles. The minimum atomic E-state index is -3.51. The molecule has 2 rings (SSSR count). The molecule has 0 unspecified atom stereocenters. The molecule has 0 bridgehead atoms. The number of rotatable bonds is 6. The molecule has 9 heteroatoms. The van der Waals surface area contributed by atoms with Gasteiger partial charge in [-0.05, 0) is 24.3 Å². The van der Waals surface area contributed by atoms with E-state index in [1.54, 1.807) is 12.1 Å². The van der Waals surface area contributed by atoms with Crippen molar-refractivity contribution in [1.29, 1.82) is 0 Å². The van der Waals surface area contributed by atoms with Crippen molar-refractivity contribution in [3.8, 4) is 0 Å². The molecule has 7 nitrogen and oxygen atoms in total. The Labute approximate surface area is 126 Å². The number of nitrogens with zero attached hydrogens (tertiary/aromatic N) is 1. The lowest BCUT2D eigenvalue weighted by molar-refractivity contribution is 0.602. The van der Waals surface area contributed by atoms with E-state index in [9.17, 15) is 13.2 Å². The highest BCUT2D eigenvalue weighted by atomic mass is 32.2. The zero-order valence-corrected chi connectivity index (χ0v) is 12.6. The van der Waals surface area contributed by atoms with E-state index in [0.717, 1.165) is 4.90 Å². The highest BCUT2D eigenvalue weighted by Gasteiger charge is 2.11. The highest BCUT2D eigenvalue weighted by molar-refractivity contribution is 8.01. The van der Waals surface area contributed by atoms with Crippen molar-refractivity contribution >= 4 is 33.3 Å². The van der Waals surface area contributed by atoms with Crippen molar-refractivity contribution in [2.24, 2.45) is 0 Å². The number of aromatic amines is 1. The van der Waals surface area contributed by atoms with Gasteiger partial charge in [0.25, 0.3) is 5.56 Å². The third-order valence-electron chi connectivity index (χ3n) is 2.42. The normalized spacial score (nSPS) is 11.2. The van der Waals surface area contributed by atoms with E-state index in [0.29, 0.717) is 11.4 Å². The lowest BCUT2D eigenvalue weighted by Gasteiger charge is -2.06. The van der Waals surface area contributed by atoms with Gasteiger partial charge in [-0.3, -0.25) is 9.52 Å². The second-order valence-electron chi connectivity index (χ2n) is 4.15. The third kappa shape index (κ3) is 5.12. The molecule has 112 valence electrons. The van der Waals surface area contributed by atoms with Crippen LogP contribution in [0.1, 0.15) is 0 Å². The van der Waals surface area contributed by atoms with Crippen LogP contribution in [-0.2, 0) is 10.0 Å². The Morgan fingerprint density at radius 2 is 2.10 bits per heavy atom. The molecule has 1 aromatic heterocycles. The molecular weight excluding hydrogens is 312 g/mol. The number of benzene rings is 1. The number of nitrogens with two attached hydrogens (primary N) is 1. The van der Waals surface area contributed by atoms with E-state index in [4.69, 9.17) is 5.73 Å². The van der Waals surface area contributed by atoms with Gasteiger partial charge in [-0.15, -0.1) is 11.8 Å². The number of thioether (sulfide) groups is 1. The first-order valence-electron chi connectivity index (χ1n) is 5.99. The Bertz CT molecular complexity index is 754. The molecule has 21 heavy (non-hydrogen) atoms. The van der Waals surface area contributed by atoms with Crippen molar-refractivity contribution < 1.29 is 8.42 Å². The van der Waals surface area contributed by atoms with Gasteiger partial charge in [0.05, 0.1) is 5.75 Å². The Balaban J connectivity index is 1.89. The number of anilines is 2. The van der Waals surface area contributed by atoms with Gasteiger partial charge in [0.1, 0.15) is 0 Å². The monoisotopic (exact) mass is 326 g/mol. The van der Waals surface area contributed by atoms with Crippen LogP contribution in [0, 0.1) is 0 Å². The zero-order chi connectivity index (χ0) is 15.3. The number of sulfonamides is 1. The van der Waals surface area contributed by atoms with Crippen molar-refractivity contribution in [1.82, 2.24) is 10.2 Å². The summed E-state index contributed by atoms with van der Waals surface area (Å²) in [6.45, 7) is 0. The number of aromatic nitrogens is 2. The van der Waals surface area contributed by atoms with E-state index in [1.165, 1.54) is 23.9 Å². The molecule has 0 spiro atoms. The molecule has 0 fully saturated rings. The van der Waals surface area contributed by atoms with Crippen LogP contribution in [-0.4, -0.2) is 30.1 Å². The zero-order valence-electron chi connectivity index (χ0n) is 10.9. The average molecular weight is 326 g/mol. The Morgan fingerprint density at radius 1 is 1.29 bits per heavy atom. The van der Waals surface area contributed by atoms with Crippen LogP contribution in [0.5, 0.6) is 0 Å². The molecule has 0 atom stereocenters. The van der Waals surface area contributed by atoms with Gasteiger partial charge in [-0.1, -0.05) is 6.07 Å². The first kappa shape index (κ1) is 15.4. The highest BCUT2D eigenvalue weighted by Crippen LogP contribution is 2.20.